The van der Waals surface area contributed by atoms with Gasteiger partial charge < -0.3 is 25.2 Å². The van der Waals surface area contributed by atoms with Crippen LogP contribution in [0.4, 0.5) is 17.1 Å². The van der Waals surface area contributed by atoms with Gasteiger partial charge in [0.1, 0.15) is 5.75 Å². The molecule has 1 atom stereocenters. The Balaban J connectivity index is 1.40. The van der Waals surface area contributed by atoms with E-state index < -0.39 is 6.10 Å². The number of hydrogen-bond donors (Lipinski definition) is 2. The topological polar surface area (TPSA) is 73.9 Å². The maximum Gasteiger partial charge on any atom is 0.262 e. The van der Waals surface area contributed by atoms with Gasteiger partial charge in [-0.15, -0.1) is 0 Å². The smallest absolute Gasteiger partial charge is 0.262 e. The Morgan fingerprint density at radius 2 is 1.81 bits per heavy atom. The highest BCUT2D eigenvalue weighted by Gasteiger charge is 2.31. The lowest BCUT2D eigenvalue weighted by Gasteiger charge is -2.35. The van der Waals surface area contributed by atoms with Gasteiger partial charge in [0.25, 0.3) is 5.91 Å². The van der Waals surface area contributed by atoms with Gasteiger partial charge in [0.05, 0.1) is 18.8 Å². The quantitative estimate of drug-likeness (QED) is 0.718. The van der Waals surface area contributed by atoms with Gasteiger partial charge in [0.2, 0.25) is 5.91 Å². The largest absolute Gasteiger partial charge is 0.477 e. The van der Waals surface area contributed by atoms with E-state index in [1.807, 2.05) is 48.2 Å². The number of carbonyl (C=O) groups is 2. The molecule has 2 heterocycles. The fraction of sp³-hybridized carbons (Fsp3) is 0.417. The fourth-order valence-electron chi connectivity index (χ4n) is 4.06. The van der Waals surface area contributed by atoms with Crippen LogP contribution in [0.15, 0.2) is 48.5 Å². The minimum absolute atomic E-state index is 0.127. The first kappa shape index (κ1) is 21.0. The van der Waals surface area contributed by atoms with E-state index in [1.165, 1.54) is 18.5 Å². The van der Waals surface area contributed by atoms with Gasteiger partial charge in [-0.3, -0.25) is 9.59 Å². The van der Waals surface area contributed by atoms with Crippen LogP contribution in [0.1, 0.15) is 26.2 Å². The van der Waals surface area contributed by atoms with Crippen molar-refractivity contribution in [2.75, 3.05) is 47.8 Å². The minimum atomic E-state index is -0.644. The van der Waals surface area contributed by atoms with E-state index in [-0.39, 0.29) is 18.4 Å². The fourth-order valence-corrected chi connectivity index (χ4v) is 4.06. The van der Waals surface area contributed by atoms with Gasteiger partial charge in [-0.1, -0.05) is 19.1 Å². The molecule has 31 heavy (non-hydrogen) atoms. The Labute approximate surface area is 183 Å². The summed E-state index contributed by atoms with van der Waals surface area (Å²) in [5, 5.41) is 5.86. The van der Waals surface area contributed by atoms with Crippen LogP contribution in [-0.2, 0) is 9.59 Å². The number of carbonyl (C=O) groups excluding carboxylic acids is 2. The van der Waals surface area contributed by atoms with Crippen LogP contribution in [0.5, 0.6) is 5.75 Å². The Kier molecular flexibility index (Phi) is 6.60. The molecule has 2 N–H and O–H groups in total. The average Bonchev–Trinajstić information content (AvgIpc) is 3.33. The van der Waals surface area contributed by atoms with Crippen LogP contribution < -0.4 is 25.2 Å². The first-order chi connectivity index (χ1) is 15.1. The van der Waals surface area contributed by atoms with E-state index in [2.05, 4.69) is 27.7 Å². The van der Waals surface area contributed by atoms with Gasteiger partial charge in [-0.2, -0.15) is 0 Å². The molecule has 0 saturated carbocycles. The van der Waals surface area contributed by atoms with Crippen LogP contribution >= 0.6 is 0 Å². The molecule has 0 spiro atoms. The van der Waals surface area contributed by atoms with Crippen molar-refractivity contribution in [1.82, 2.24) is 5.32 Å². The highest BCUT2D eigenvalue weighted by atomic mass is 16.5. The van der Waals surface area contributed by atoms with E-state index in [4.69, 9.17) is 4.74 Å². The van der Waals surface area contributed by atoms with Crippen molar-refractivity contribution in [3.63, 3.8) is 0 Å². The van der Waals surface area contributed by atoms with Crippen molar-refractivity contribution < 1.29 is 14.3 Å². The predicted molar refractivity (Wildman–Crippen MR) is 123 cm³/mol. The van der Waals surface area contributed by atoms with E-state index >= 15 is 0 Å². The van der Waals surface area contributed by atoms with Crippen molar-refractivity contribution in [1.29, 1.82) is 0 Å². The molecular weight excluding hydrogens is 392 g/mol. The maximum atomic E-state index is 12.8. The lowest BCUT2D eigenvalue weighted by molar-refractivity contribution is -0.128. The van der Waals surface area contributed by atoms with Gasteiger partial charge >= 0.3 is 0 Å². The number of rotatable bonds is 7. The summed E-state index contributed by atoms with van der Waals surface area (Å²) in [5.74, 6) is 0.339. The molecule has 4 rings (SSSR count). The molecule has 7 nitrogen and oxygen atoms in total. The Morgan fingerprint density at radius 3 is 2.55 bits per heavy atom. The zero-order valence-electron chi connectivity index (χ0n) is 18.0. The van der Waals surface area contributed by atoms with Crippen LogP contribution in [0.3, 0.4) is 0 Å². The first-order valence-electron chi connectivity index (χ1n) is 11.1. The summed E-state index contributed by atoms with van der Waals surface area (Å²) in [5.41, 5.74) is 2.78. The zero-order valence-corrected chi connectivity index (χ0v) is 18.0. The molecule has 7 heteroatoms. The summed E-state index contributed by atoms with van der Waals surface area (Å²) in [7, 11) is 0. The molecule has 1 saturated heterocycles. The van der Waals surface area contributed by atoms with E-state index in [1.54, 1.807) is 0 Å². The number of fused-ring (bicyclic) bond motifs is 1. The SMILES string of the molecule is CCCNC(=O)[C@@H]1CN(CC(=O)Nc2ccc(N3CCCC3)cc2)c2ccccc2O1. The van der Waals surface area contributed by atoms with Gasteiger partial charge in [0.15, 0.2) is 6.10 Å². The molecule has 2 aliphatic rings. The second kappa shape index (κ2) is 9.73. The molecule has 2 aromatic carbocycles. The molecule has 0 aromatic heterocycles. The molecule has 0 radical (unpaired) electrons. The molecule has 0 aliphatic carbocycles. The molecule has 2 aliphatic heterocycles. The molecule has 0 bridgehead atoms. The van der Waals surface area contributed by atoms with Crippen molar-refractivity contribution in [2.45, 2.75) is 32.3 Å². The van der Waals surface area contributed by atoms with Crippen molar-refractivity contribution in [3.05, 3.63) is 48.5 Å². The summed E-state index contributed by atoms with van der Waals surface area (Å²) >= 11 is 0. The van der Waals surface area contributed by atoms with Gasteiger partial charge in [0, 0.05) is 31.0 Å². The number of hydrogen-bond acceptors (Lipinski definition) is 5. The van der Waals surface area contributed by atoms with E-state index in [0.717, 1.165) is 30.9 Å². The second-order valence-corrected chi connectivity index (χ2v) is 8.03. The summed E-state index contributed by atoms with van der Waals surface area (Å²) in [4.78, 5) is 29.5. The highest BCUT2D eigenvalue weighted by molar-refractivity contribution is 5.95. The van der Waals surface area contributed by atoms with Crippen LogP contribution in [-0.4, -0.2) is 50.6 Å². The number of nitrogens with zero attached hydrogens (tertiary/aromatic N) is 2. The van der Waals surface area contributed by atoms with Gasteiger partial charge in [-0.05, 0) is 55.7 Å². The zero-order chi connectivity index (χ0) is 21.6. The Hall–Kier alpha value is -3.22. The van der Waals surface area contributed by atoms with Crippen LogP contribution in [0, 0.1) is 0 Å². The maximum absolute atomic E-state index is 12.8. The number of nitrogens with one attached hydrogen (secondary N) is 2. The summed E-state index contributed by atoms with van der Waals surface area (Å²) in [6, 6.07) is 15.5. The molecule has 164 valence electrons. The van der Waals surface area contributed by atoms with Gasteiger partial charge in [-0.25, -0.2) is 0 Å². The summed E-state index contributed by atoms with van der Waals surface area (Å²) in [6.45, 7) is 5.27. The number of para-hydroxylation sites is 2. The monoisotopic (exact) mass is 422 g/mol. The van der Waals surface area contributed by atoms with E-state index in [9.17, 15) is 9.59 Å². The van der Waals surface area contributed by atoms with Crippen LogP contribution in [0.25, 0.3) is 0 Å². The second-order valence-electron chi connectivity index (χ2n) is 8.03. The minimum Gasteiger partial charge on any atom is -0.477 e. The normalized spacial score (nSPS) is 17.6. The lowest BCUT2D eigenvalue weighted by Crippen LogP contribution is -2.50. The molecule has 2 amide bonds. The van der Waals surface area contributed by atoms with E-state index in [0.29, 0.717) is 18.8 Å². The van der Waals surface area contributed by atoms with Crippen LogP contribution in [0.2, 0.25) is 0 Å². The van der Waals surface area contributed by atoms with Crippen molar-refractivity contribution >= 4 is 28.9 Å². The third kappa shape index (κ3) is 5.10. The Bertz CT molecular complexity index is 909. The molecule has 0 unspecified atom stereocenters. The predicted octanol–water partition coefficient (Wildman–Crippen LogP) is 3.02. The van der Waals surface area contributed by atoms with Crippen molar-refractivity contribution in [2.24, 2.45) is 0 Å². The first-order valence-corrected chi connectivity index (χ1v) is 11.1. The molecule has 1 fully saturated rings. The molecule has 2 aromatic rings. The summed E-state index contributed by atoms with van der Waals surface area (Å²) in [6.07, 6.45) is 2.68. The van der Waals surface area contributed by atoms with Crippen molar-refractivity contribution in [3.8, 4) is 5.75 Å². The third-order valence-electron chi connectivity index (χ3n) is 5.66. The average molecular weight is 423 g/mol. The molecular formula is C24H30N4O3. The lowest BCUT2D eigenvalue weighted by atomic mass is 10.1. The third-order valence-corrected chi connectivity index (χ3v) is 5.66. The summed E-state index contributed by atoms with van der Waals surface area (Å²) < 4.78 is 5.89. The number of benzene rings is 2. The number of anilines is 3. The number of ether oxygens (including phenoxy) is 1. The Morgan fingerprint density at radius 1 is 1.06 bits per heavy atom. The highest BCUT2D eigenvalue weighted by Crippen LogP contribution is 2.33. The standard InChI is InChI=1S/C24H30N4O3/c1-2-13-25-24(30)22-16-28(20-7-3-4-8-21(20)31-22)17-23(29)26-18-9-11-19(12-10-18)27-14-5-6-15-27/h3-4,7-12,22H,2,5-6,13-17H2,1H3,(H,25,30)(H,26,29)/t22-/m0/s1. The number of amides is 2.